The van der Waals surface area contributed by atoms with Gasteiger partial charge in [0.15, 0.2) is 12.6 Å². The molecule has 0 radical (unpaired) electrons. The van der Waals surface area contributed by atoms with Crippen molar-refractivity contribution < 1.29 is 32.1 Å². The standard InChI is InChI=1S/C38H40F3N7O4/c1-4-25-28(40)9-8-22-15-24(52-20-49-3)16-27(29(22)25)32-31(41)33-30-35(46-37(45-33)51-19-38-10-6-12-47(38)18-23(39)17-38)48(13-14-50-36(30)44-32)21(2)26-7-5-11-43-34(26)42/h5,7-9,11,15-16,21,23H,4,6,10,12-14,17-20H2,1-3H3,(H2,42,43)/t21?,23-,38+/m1/s1. The van der Waals surface area contributed by atoms with E-state index in [-0.39, 0.29) is 54.5 Å². The van der Waals surface area contributed by atoms with E-state index < -0.39 is 23.3 Å². The van der Waals surface area contributed by atoms with Crippen molar-refractivity contribution in [2.24, 2.45) is 0 Å². The number of methoxy groups -OCH3 is 1. The van der Waals surface area contributed by atoms with Crippen LogP contribution < -0.4 is 24.8 Å². The van der Waals surface area contributed by atoms with Crippen molar-refractivity contribution in [3.8, 4) is 28.9 Å². The van der Waals surface area contributed by atoms with Crippen LogP contribution in [-0.2, 0) is 11.2 Å². The summed E-state index contributed by atoms with van der Waals surface area (Å²) in [6.07, 6.45) is 3.08. The van der Waals surface area contributed by atoms with E-state index in [0.29, 0.717) is 65.2 Å². The first kappa shape index (κ1) is 34.2. The molecule has 2 saturated heterocycles. The molecule has 272 valence electrons. The molecule has 2 fully saturated rings. The van der Waals surface area contributed by atoms with Crippen LogP contribution in [0.15, 0.2) is 42.6 Å². The Labute approximate surface area is 298 Å². The minimum absolute atomic E-state index is 0.0520. The van der Waals surface area contributed by atoms with Gasteiger partial charge in [-0.05, 0) is 73.3 Å². The Morgan fingerprint density at radius 3 is 2.77 bits per heavy atom. The second-order valence-electron chi connectivity index (χ2n) is 13.7. The summed E-state index contributed by atoms with van der Waals surface area (Å²) in [4.78, 5) is 22.7. The molecule has 2 aromatic carbocycles. The van der Waals surface area contributed by atoms with E-state index in [0.717, 1.165) is 24.9 Å². The molecule has 0 saturated carbocycles. The van der Waals surface area contributed by atoms with Crippen molar-refractivity contribution in [3.63, 3.8) is 0 Å². The average molecular weight is 716 g/mol. The molecular weight excluding hydrogens is 675 g/mol. The topological polar surface area (TPSA) is 121 Å². The van der Waals surface area contributed by atoms with E-state index >= 15 is 8.78 Å². The molecule has 3 aliphatic rings. The highest BCUT2D eigenvalue weighted by Crippen LogP contribution is 2.45. The fourth-order valence-corrected chi connectivity index (χ4v) is 8.21. The van der Waals surface area contributed by atoms with Crippen molar-refractivity contribution in [2.75, 3.05) is 57.4 Å². The van der Waals surface area contributed by atoms with Gasteiger partial charge in [0.25, 0.3) is 0 Å². The van der Waals surface area contributed by atoms with Gasteiger partial charge in [0.1, 0.15) is 59.2 Å². The number of nitrogen functional groups attached to an aromatic ring is 1. The monoisotopic (exact) mass is 715 g/mol. The number of anilines is 2. The third-order valence-electron chi connectivity index (χ3n) is 10.7. The predicted molar refractivity (Wildman–Crippen MR) is 191 cm³/mol. The van der Waals surface area contributed by atoms with Gasteiger partial charge in [-0.25, -0.2) is 23.1 Å². The second-order valence-corrected chi connectivity index (χ2v) is 13.7. The number of ether oxygens (including phenoxy) is 4. The van der Waals surface area contributed by atoms with Crippen molar-refractivity contribution in [2.45, 2.75) is 57.3 Å². The zero-order valence-electron chi connectivity index (χ0n) is 29.3. The number of nitrogens with zero attached hydrogens (tertiary/aromatic N) is 6. The quantitative estimate of drug-likeness (QED) is 0.158. The maximum absolute atomic E-state index is 17.4. The van der Waals surface area contributed by atoms with Crippen LogP contribution in [0.5, 0.6) is 17.6 Å². The van der Waals surface area contributed by atoms with E-state index in [2.05, 4.69) is 14.9 Å². The summed E-state index contributed by atoms with van der Waals surface area (Å²) in [5, 5.41) is 1.39. The van der Waals surface area contributed by atoms with Gasteiger partial charge >= 0.3 is 6.01 Å². The summed E-state index contributed by atoms with van der Waals surface area (Å²) in [6, 6.07) is 9.66. The lowest BCUT2D eigenvalue weighted by molar-refractivity contribution is 0.0512. The smallest absolute Gasteiger partial charge is 0.319 e. The molecule has 0 spiro atoms. The van der Waals surface area contributed by atoms with Crippen LogP contribution in [0.2, 0.25) is 0 Å². The van der Waals surface area contributed by atoms with Gasteiger partial charge in [-0.3, -0.25) is 4.90 Å². The number of hydrogen-bond donors (Lipinski definition) is 1. The van der Waals surface area contributed by atoms with Gasteiger partial charge in [-0.15, -0.1) is 0 Å². The second kappa shape index (κ2) is 13.6. The van der Waals surface area contributed by atoms with Crippen LogP contribution in [0.4, 0.5) is 24.8 Å². The number of benzene rings is 2. The summed E-state index contributed by atoms with van der Waals surface area (Å²) in [5.41, 5.74) is 7.11. The van der Waals surface area contributed by atoms with E-state index in [1.807, 2.05) is 24.8 Å². The summed E-state index contributed by atoms with van der Waals surface area (Å²) in [7, 11) is 1.50. The molecule has 11 nitrogen and oxygen atoms in total. The first-order valence-electron chi connectivity index (χ1n) is 17.6. The molecule has 3 aromatic heterocycles. The number of hydrogen-bond acceptors (Lipinski definition) is 11. The number of nitrogens with two attached hydrogens (primary N) is 1. The number of pyridine rings is 2. The molecule has 3 aliphatic heterocycles. The number of alkyl halides is 1. The molecule has 0 aliphatic carbocycles. The number of aromatic nitrogens is 4. The SMILES string of the molecule is CCc1c(F)ccc2cc(OCOC)cc(-c3nc4c5c(nc(OC[C@@]67CCCN6C[C@H](F)C7)nc5c3F)N(C(C)c3cccnc3N)CCO4)c12. The maximum Gasteiger partial charge on any atom is 0.319 e. The largest absolute Gasteiger partial charge is 0.475 e. The zero-order valence-corrected chi connectivity index (χ0v) is 29.3. The normalized spacial score (nSPS) is 20.6. The van der Waals surface area contributed by atoms with Crippen LogP contribution >= 0.6 is 0 Å². The Morgan fingerprint density at radius 2 is 1.96 bits per heavy atom. The molecule has 5 aromatic rings. The fourth-order valence-electron chi connectivity index (χ4n) is 8.21. The van der Waals surface area contributed by atoms with E-state index in [1.54, 1.807) is 30.5 Å². The van der Waals surface area contributed by atoms with Gasteiger partial charge in [-0.2, -0.15) is 9.97 Å². The van der Waals surface area contributed by atoms with Crippen LogP contribution in [-0.4, -0.2) is 83.3 Å². The van der Waals surface area contributed by atoms with Crippen LogP contribution in [0, 0.1) is 11.6 Å². The van der Waals surface area contributed by atoms with Crippen molar-refractivity contribution in [3.05, 3.63) is 65.4 Å². The predicted octanol–water partition coefficient (Wildman–Crippen LogP) is 6.56. The Balaban J connectivity index is 1.34. The minimum Gasteiger partial charge on any atom is -0.475 e. The molecule has 0 bridgehead atoms. The average Bonchev–Trinajstić information content (AvgIpc) is 3.60. The molecule has 3 atom stereocenters. The van der Waals surface area contributed by atoms with Crippen molar-refractivity contribution >= 4 is 33.3 Å². The zero-order chi connectivity index (χ0) is 36.1. The maximum atomic E-state index is 17.4. The Morgan fingerprint density at radius 1 is 1.10 bits per heavy atom. The van der Waals surface area contributed by atoms with E-state index in [4.69, 9.17) is 34.6 Å². The first-order valence-corrected chi connectivity index (χ1v) is 17.6. The number of fused-ring (bicyclic) bond motifs is 2. The van der Waals surface area contributed by atoms with Crippen LogP contribution in [0.25, 0.3) is 32.9 Å². The van der Waals surface area contributed by atoms with Crippen molar-refractivity contribution in [1.82, 2.24) is 24.8 Å². The van der Waals surface area contributed by atoms with E-state index in [9.17, 15) is 4.39 Å². The Hall–Kier alpha value is -4.95. The lowest BCUT2D eigenvalue weighted by atomic mass is 9.94. The summed E-state index contributed by atoms with van der Waals surface area (Å²) >= 11 is 0. The third-order valence-corrected chi connectivity index (χ3v) is 10.7. The molecule has 6 heterocycles. The van der Waals surface area contributed by atoms with Crippen molar-refractivity contribution in [1.29, 1.82) is 0 Å². The molecule has 8 rings (SSSR count). The molecule has 0 amide bonds. The highest BCUT2D eigenvalue weighted by Gasteiger charge is 2.49. The number of rotatable bonds is 10. The summed E-state index contributed by atoms with van der Waals surface area (Å²) < 4.78 is 70.9. The number of halogens is 3. The summed E-state index contributed by atoms with van der Waals surface area (Å²) in [5.74, 6) is 0.0116. The molecule has 52 heavy (non-hydrogen) atoms. The lowest BCUT2D eigenvalue weighted by Crippen LogP contribution is -2.43. The molecule has 14 heteroatoms. The summed E-state index contributed by atoms with van der Waals surface area (Å²) in [6.45, 7) is 5.55. The number of aryl methyl sites for hydroxylation is 1. The highest BCUT2D eigenvalue weighted by atomic mass is 19.1. The van der Waals surface area contributed by atoms with Gasteiger partial charge in [-0.1, -0.05) is 19.1 Å². The lowest BCUT2D eigenvalue weighted by Gasteiger charge is -2.32. The van der Waals surface area contributed by atoms with Gasteiger partial charge in [0.2, 0.25) is 5.88 Å². The van der Waals surface area contributed by atoms with Crippen LogP contribution in [0.1, 0.15) is 50.3 Å². The molecular formula is C38H40F3N7O4. The first-order chi connectivity index (χ1) is 25.2. The Bertz CT molecular complexity index is 2170. The van der Waals surface area contributed by atoms with Crippen LogP contribution in [0.3, 0.4) is 0 Å². The molecule has 1 unspecified atom stereocenters. The minimum atomic E-state index is -0.950. The Kier molecular flexibility index (Phi) is 8.90. The highest BCUT2D eigenvalue weighted by molar-refractivity contribution is 6.03. The van der Waals surface area contributed by atoms with Gasteiger partial charge in [0.05, 0.1) is 18.1 Å². The third kappa shape index (κ3) is 5.77. The fraction of sp³-hybridized carbons (Fsp3) is 0.421. The van der Waals surface area contributed by atoms with Gasteiger partial charge in [0, 0.05) is 37.4 Å². The molecule has 2 N–H and O–H groups in total. The van der Waals surface area contributed by atoms with Gasteiger partial charge < -0.3 is 29.6 Å². The van der Waals surface area contributed by atoms with E-state index in [1.165, 1.54) is 13.2 Å².